The van der Waals surface area contributed by atoms with Crippen molar-refractivity contribution < 1.29 is 4.79 Å². The van der Waals surface area contributed by atoms with Gasteiger partial charge in [-0.2, -0.15) is 0 Å². The highest BCUT2D eigenvalue weighted by Crippen LogP contribution is 2.33. The summed E-state index contributed by atoms with van der Waals surface area (Å²) in [4.78, 5) is 13.5. The maximum Gasteiger partial charge on any atom is 0.223 e. The summed E-state index contributed by atoms with van der Waals surface area (Å²) in [5, 5.41) is 0. The van der Waals surface area contributed by atoms with Crippen LogP contribution in [0, 0.1) is 5.41 Å². The van der Waals surface area contributed by atoms with E-state index in [2.05, 4.69) is 13.8 Å². The van der Waals surface area contributed by atoms with Crippen LogP contribution in [0.15, 0.2) is 0 Å². The average Bonchev–Trinajstić information content (AvgIpc) is 2.19. The van der Waals surface area contributed by atoms with Gasteiger partial charge in [0.2, 0.25) is 5.91 Å². The summed E-state index contributed by atoms with van der Waals surface area (Å²) in [5.41, 5.74) is 0.456. The molecule has 14 heavy (non-hydrogen) atoms. The van der Waals surface area contributed by atoms with Crippen LogP contribution in [0.25, 0.3) is 0 Å². The van der Waals surface area contributed by atoms with Gasteiger partial charge >= 0.3 is 0 Å². The van der Waals surface area contributed by atoms with Crippen molar-refractivity contribution in [1.82, 2.24) is 4.90 Å². The van der Waals surface area contributed by atoms with Crippen molar-refractivity contribution in [2.75, 3.05) is 19.0 Å². The predicted octanol–water partition coefficient (Wildman–Crippen LogP) is 2.65. The lowest BCUT2D eigenvalue weighted by Crippen LogP contribution is -2.41. The molecule has 0 unspecified atom stereocenters. The molecule has 0 radical (unpaired) electrons. The molecule has 0 atom stereocenters. The molecule has 3 heteroatoms. The Morgan fingerprint density at radius 1 is 1.43 bits per heavy atom. The second-order valence-electron chi connectivity index (χ2n) is 4.48. The van der Waals surface area contributed by atoms with Crippen molar-refractivity contribution in [2.45, 2.75) is 39.5 Å². The Hall–Kier alpha value is -0.240. The van der Waals surface area contributed by atoms with E-state index >= 15 is 0 Å². The van der Waals surface area contributed by atoms with E-state index in [9.17, 15) is 4.79 Å². The van der Waals surface area contributed by atoms with E-state index in [1.165, 1.54) is 6.42 Å². The number of nitrogens with zero attached hydrogens (tertiary/aromatic N) is 1. The van der Waals surface area contributed by atoms with Gasteiger partial charge in [-0.1, -0.05) is 20.3 Å². The molecular formula is C11H20ClNO. The SMILES string of the molecule is CCC1(C)CCN(C(=O)CCCl)CC1. The van der Waals surface area contributed by atoms with Crippen LogP contribution in [0.4, 0.5) is 0 Å². The van der Waals surface area contributed by atoms with Crippen LogP contribution in [0.2, 0.25) is 0 Å². The van der Waals surface area contributed by atoms with Crippen LogP contribution in [0.5, 0.6) is 0 Å². The minimum absolute atomic E-state index is 0.221. The van der Waals surface area contributed by atoms with Crippen molar-refractivity contribution in [3.63, 3.8) is 0 Å². The summed E-state index contributed by atoms with van der Waals surface area (Å²) in [6.07, 6.45) is 3.98. The predicted molar refractivity (Wildman–Crippen MR) is 59.5 cm³/mol. The van der Waals surface area contributed by atoms with Gasteiger partial charge in [0.15, 0.2) is 0 Å². The maximum atomic E-state index is 11.5. The first-order valence-electron chi connectivity index (χ1n) is 5.45. The first kappa shape index (κ1) is 11.8. The summed E-state index contributed by atoms with van der Waals surface area (Å²) in [6, 6.07) is 0. The first-order chi connectivity index (χ1) is 6.61. The number of carbonyl (C=O) groups excluding carboxylic acids is 1. The molecule has 0 aromatic heterocycles. The van der Waals surface area contributed by atoms with Crippen LogP contribution in [-0.2, 0) is 4.79 Å². The molecule has 1 aliphatic rings. The number of likely N-dealkylation sites (tertiary alicyclic amines) is 1. The quantitative estimate of drug-likeness (QED) is 0.666. The molecule has 0 N–H and O–H groups in total. The second-order valence-corrected chi connectivity index (χ2v) is 4.86. The maximum absolute atomic E-state index is 11.5. The summed E-state index contributed by atoms with van der Waals surface area (Å²) in [7, 11) is 0. The molecule has 0 bridgehead atoms. The smallest absolute Gasteiger partial charge is 0.223 e. The summed E-state index contributed by atoms with van der Waals surface area (Å²) in [5.74, 6) is 0.665. The third-order valence-corrected chi connectivity index (χ3v) is 3.67. The van der Waals surface area contributed by atoms with Crippen LogP contribution < -0.4 is 0 Å². The van der Waals surface area contributed by atoms with Crippen molar-refractivity contribution in [1.29, 1.82) is 0 Å². The Bertz CT molecular complexity index is 197. The molecule has 1 amide bonds. The molecule has 1 fully saturated rings. The lowest BCUT2D eigenvalue weighted by atomic mass is 9.78. The largest absolute Gasteiger partial charge is 0.343 e. The number of piperidine rings is 1. The van der Waals surface area contributed by atoms with Crippen LogP contribution in [-0.4, -0.2) is 29.8 Å². The van der Waals surface area contributed by atoms with E-state index in [4.69, 9.17) is 11.6 Å². The van der Waals surface area contributed by atoms with Crippen molar-refractivity contribution in [3.8, 4) is 0 Å². The first-order valence-corrected chi connectivity index (χ1v) is 5.98. The zero-order valence-electron chi connectivity index (χ0n) is 9.18. The summed E-state index contributed by atoms with van der Waals surface area (Å²) in [6.45, 7) is 6.38. The molecule has 1 heterocycles. The lowest BCUT2D eigenvalue weighted by Gasteiger charge is -2.38. The molecule has 0 aromatic carbocycles. The monoisotopic (exact) mass is 217 g/mol. The van der Waals surface area contributed by atoms with E-state index < -0.39 is 0 Å². The Balaban J connectivity index is 2.39. The van der Waals surface area contributed by atoms with Crippen molar-refractivity contribution >= 4 is 17.5 Å². The molecule has 82 valence electrons. The molecule has 1 aliphatic heterocycles. The number of hydrogen-bond donors (Lipinski definition) is 0. The molecule has 0 aromatic rings. The van der Waals surface area contributed by atoms with Crippen molar-refractivity contribution in [3.05, 3.63) is 0 Å². The van der Waals surface area contributed by atoms with Gasteiger partial charge in [0, 0.05) is 25.4 Å². The fraction of sp³-hybridized carbons (Fsp3) is 0.909. The van der Waals surface area contributed by atoms with E-state index in [-0.39, 0.29) is 5.91 Å². The van der Waals surface area contributed by atoms with Crippen molar-refractivity contribution in [2.24, 2.45) is 5.41 Å². The third-order valence-electron chi connectivity index (χ3n) is 3.49. The van der Waals surface area contributed by atoms with Gasteiger partial charge in [-0.25, -0.2) is 0 Å². The van der Waals surface area contributed by atoms with E-state index in [1.54, 1.807) is 0 Å². The summed E-state index contributed by atoms with van der Waals surface area (Å²) >= 11 is 5.55. The van der Waals surface area contributed by atoms with Gasteiger partial charge in [0.1, 0.15) is 0 Å². The molecule has 0 saturated carbocycles. The number of carbonyl (C=O) groups is 1. The normalized spacial score (nSPS) is 20.9. The fourth-order valence-electron chi connectivity index (χ4n) is 1.89. The van der Waals surface area contributed by atoms with Gasteiger partial charge in [-0.3, -0.25) is 4.79 Å². The minimum atomic E-state index is 0.221. The Kier molecular flexibility index (Phi) is 4.24. The molecule has 1 rings (SSSR count). The Morgan fingerprint density at radius 2 is 2.00 bits per heavy atom. The standard InChI is InChI=1S/C11H20ClNO/c1-3-11(2)5-8-13(9-6-11)10(14)4-7-12/h3-9H2,1-2H3. The fourth-order valence-corrected chi connectivity index (χ4v) is 2.05. The van der Waals surface area contributed by atoms with Crippen LogP contribution in [0.1, 0.15) is 39.5 Å². The van der Waals surface area contributed by atoms with Gasteiger partial charge in [-0.15, -0.1) is 11.6 Å². The van der Waals surface area contributed by atoms with Crippen LogP contribution >= 0.6 is 11.6 Å². The van der Waals surface area contributed by atoms with E-state index in [0.29, 0.717) is 17.7 Å². The zero-order valence-corrected chi connectivity index (χ0v) is 9.94. The average molecular weight is 218 g/mol. The highest BCUT2D eigenvalue weighted by Gasteiger charge is 2.29. The number of rotatable bonds is 3. The molecule has 0 aliphatic carbocycles. The van der Waals surface area contributed by atoms with E-state index in [1.807, 2.05) is 4.90 Å². The lowest BCUT2D eigenvalue weighted by molar-refractivity contribution is -0.132. The Morgan fingerprint density at radius 3 is 2.43 bits per heavy atom. The molecule has 2 nitrogen and oxygen atoms in total. The zero-order chi connectivity index (χ0) is 10.6. The number of amides is 1. The topological polar surface area (TPSA) is 20.3 Å². The summed E-state index contributed by atoms with van der Waals surface area (Å²) < 4.78 is 0. The van der Waals surface area contributed by atoms with Gasteiger partial charge < -0.3 is 4.90 Å². The Labute approximate surface area is 91.6 Å². The molecule has 0 spiro atoms. The van der Waals surface area contributed by atoms with E-state index in [0.717, 1.165) is 25.9 Å². The molecular weight excluding hydrogens is 198 g/mol. The number of hydrogen-bond acceptors (Lipinski definition) is 1. The highest BCUT2D eigenvalue weighted by molar-refractivity contribution is 6.18. The van der Waals surface area contributed by atoms with Gasteiger partial charge in [-0.05, 0) is 18.3 Å². The number of halogens is 1. The highest BCUT2D eigenvalue weighted by atomic mass is 35.5. The third kappa shape index (κ3) is 2.88. The van der Waals surface area contributed by atoms with Gasteiger partial charge in [0.25, 0.3) is 0 Å². The minimum Gasteiger partial charge on any atom is -0.343 e. The number of alkyl halides is 1. The molecule has 1 saturated heterocycles. The second kappa shape index (κ2) is 5.01. The van der Waals surface area contributed by atoms with Gasteiger partial charge in [0.05, 0.1) is 0 Å². The van der Waals surface area contributed by atoms with Crippen LogP contribution in [0.3, 0.4) is 0 Å².